The van der Waals surface area contributed by atoms with Crippen molar-refractivity contribution in [3.63, 3.8) is 0 Å². The van der Waals surface area contributed by atoms with Crippen molar-refractivity contribution < 1.29 is 9.21 Å². The Morgan fingerprint density at radius 3 is 2.74 bits per heavy atom. The fraction of sp³-hybridized carbons (Fsp3) is 0.0909. The molecule has 5 heteroatoms. The van der Waals surface area contributed by atoms with Crippen LogP contribution in [0.2, 0.25) is 0 Å². The van der Waals surface area contributed by atoms with E-state index >= 15 is 0 Å². The second-order valence-electron chi connectivity index (χ2n) is 5.97. The summed E-state index contributed by atoms with van der Waals surface area (Å²) in [7, 11) is 0. The van der Waals surface area contributed by atoms with Crippen molar-refractivity contribution in [1.29, 1.82) is 5.41 Å². The van der Waals surface area contributed by atoms with Crippen LogP contribution in [0, 0.1) is 17.8 Å². The first-order valence-corrected chi connectivity index (χ1v) is 8.46. The van der Waals surface area contributed by atoms with Gasteiger partial charge in [0.25, 0.3) is 5.91 Å². The second-order valence-corrected chi connectivity index (χ2v) is 5.97. The summed E-state index contributed by atoms with van der Waals surface area (Å²) in [4.78, 5) is 12.8. The highest BCUT2D eigenvalue weighted by atomic mass is 16.3. The highest BCUT2D eigenvalue weighted by molar-refractivity contribution is 6.14. The van der Waals surface area contributed by atoms with Crippen molar-refractivity contribution in [2.75, 3.05) is 11.1 Å². The molecule has 2 aromatic carbocycles. The number of hydrogen-bond acceptors (Lipinski definition) is 4. The van der Waals surface area contributed by atoms with Crippen LogP contribution in [-0.4, -0.2) is 11.6 Å². The van der Waals surface area contributed by atoms with Crippen molar-refractivity contribution in [2.45, 2.75) is 13.3 Å². The molecule has 1 amide bonds. The zero-order valence-corrected chi connectivity index (χ0v) is 14.9. The van der Waals surface area contributed by atoms with Gasteiger partial charge in [0.05, 0.1) is 18.2 Å². The summed E-state index contributed by atoms with van der Waals surface area (Å²) < 4.78 is 5.03. The molecule has 0 fully saturated rings. The molecule has 0 atom stereocenters. The number of nitrogens with one attached hydrogen (secondary N) is 2. The van der Waals surface area contributed by atoms with E-state index < -0.39 is 0 Å². The molecule has 134 valence electrons. The van der Waals surface area contributed by atoms with Crippen LogP contribution >= 0.6 is 0 Å². The number of terminal acetylenes is 1. The minimum absolute atomic E-state index is 0.223. The summed E-state index contributed by atoms with van der Waals surface area (Å²) in [6.45, 7) is 1.96. The monoisotopic (exact) mass is 357 g/mol. The molecule has 0 aliphatic carbocycles. The number of amides is 1. The van der Waals surface area contributed by atoms with E-state index in [0.717, 1.165) is 5.56 Å². The van der Waals surface area contributed by atoms with Crippen LogP contribution in [0.4, 0.5) is 11.4 Å². The molecule has 3 rings (SSSR count). The molecule has 0 saturated carbocycles. The molecule has 0 radical (unpaired) electrons. The minimum atomic E-state index is -0.255. The largest absolute Gasteiger partial charge is 0.472 e. The summed E-state index contributed by atoms with van der Waals surface area (Å²) in [6.07, 6.45) is 9.17. The van der Waals surface area contributed by atoms with Gasteiger partial charge < -0.3 is 15.5 Å². The van der Waals surface area contributed by atoms with Gasteiger partial charge in [0.2, 0.25) is 0 Å². The number of anilines is 2. The van der Waals surface area contributed by atoms with Crippen LogP contribution in [0.5, 0.6) is 0 Å². The molecule has 0 unspecified atom stereocenters. The van der Waals surface area contributed by atoms with Crippen LogP contribution in [0.3, 0.4) is 0 Å². The van der Waals surface area contributed by atoms with E-state index in [9.17, 15) is 4.79 Å². The summed E-state index contributed by atoms with van der Waals surface area (Å²) in [5.41, 5.74) is 10.4. The van der Waals surface area contributed by atoms with Gasteiger partial charge in [0.15, 0.2) is 0 Å². The van der Waals surface area contributed by atoms with Gasteiger partial charge in [0, 0.05) is 33.6 Å². The first-order chi connectivity index (χ1) is 13.0. The average Bonchev–Trinajstić information content (AvgIpc) is 3.22. The van der Waals surface area contributed by atoms with Crippen LogP contribution in [0.1, 0.15) is 39.5 Å². The third-order valence-electron chi connectivity index (χ3n) is 4.32. The van der Waals surface area contributed by atoms with E-state index in [0.29, 0.717) is 40.0 Å². The molecule has 0 aliphatic rings. The van der Waals surface area contributed by atoms with Crippen LogP contribution in [-0.2, 0) is 6.42 Å². The van der Waals surface area contributed by atoms with Crippen molar-refractivity contribution in [1.82, 2.24) is 0 Å². The van der Waals surface area contributed by atoms with E-state index in [4.69, 9.17) is 22.0 Å². The SMILES string of the molecule is C#Cc1cccc(C(=O)Nc2ccc(N)c(C(=N)c3ccoc3)c2)c1CC. The molecular weight excluding hydrogens is 338 g/mol. The summed E-state index contributed by atoms with van der Waals surface area (Å²) in [5.74, 6) is 2.36. The van der Waals surface area contributed by atoms with Crippen molar-refractivity contribution in [2.24, 2.45) is 0 Å². The van der Waals surface area contributed by atoms with Crippen LogP contribution in [0.25, 0.3) is 0 Å². The number of hydrogen-bond donors (Lipinski definition) is 3. The predicted octanol–water partition coefficient (Wildman–Crippen LogP) is 4.07. The average molecular weight is 357 g/mol. The highest BCUT2D eigenvalue weighted by Crippen LogP contribution is 2.23. The number of benzene rings is 2. The molecule has 27 heavy (non-hydrogen) atoms. The van der Waals surface area contributed by atoms with Gasteiger partial charge in [-0.05, 0) is 48.4 Å². The number of carbonyl (C=O) groups is 1. The van der Waals surface area contributed by atoms with E-state index in [-0.39, 0.29) is 11.6 Å². The van der Waals surface area contributed by atoms with Crippen LogP contribution in [0.15, 0.2) is 59.4 Å². The predicted molar refractivity (Wildman–Crippen MR) is 107 cm³/mol. The Balaban J connectivity index is 1.91. The van der Waals surface area contributed by atoms with Gasteiger partial charge in [0.1, 0.15) is 0 Å². The maximum absolute atomic E-state index is 12.8. The fourth-order valence-electron chi connectivity index (χ4n) is 2.93. The molecular formula is C22H19N3O2. The van der Waals surface area contributed by atoms with Gasteiger partial charge in [-0.15, -0.1) is 6.42 Å². The highest BCUT2D eigenvalue weighted by Gasteiger charge is 2.15. The standard InChI is InChI=1S/C22H19N3O2/c1-3-14-6-5-7-18(17(14)4-2)22(26)25-16-8-9-20(23)19(12-16)21(24)15-10-11-27-13-15/h1,5-13,24H,4,23H2,2H3,(H,25,26). The zero-order valence-electron chi connectivity index (χ0n) is 14.9. The van der Waals surface area contributed by atoms with Gasteiger partial charge in [-0.1, -0.05) is 18.9 Å². The lowest BCUT2D eigenvalue weighted by Crippen LogP contribution is -2.15. The second kappa shape index (κ2) is 7.63. The van der Waals surface area contributed by atoms with E-state index in [2.05, 4.69) is 11.2 Å². The molecule has 3 aromatic rings. The van der Waals surface area contributed by atoms with E-state index in [1.54, 1.807) is 36.4 Å². The number of carbonyl (C=O) groups excluding carboxylic acids is 1. The lowest BCUT2D eigenvalue weighted by molar-refractivity contribution is 0.102. The number of rotatable bonds is 5. The minimum Gasteiger partial charge on any atom is -0.472 e. The summed E-state index contributed by atoms with van der Waals surface area (Å²) in [6, 6.07) is 12.1. The number of furan rings is 1. The van der Waals surface area contributed by atoms with E-state index in [1.165, 1.54) is 12.5 Å². The summed E-state index contributed by atoms with van der Waals surface area (Å²) >= 11 is 0. The molecule has 0 saturated heterocycles. The Hall–Kier alpha value is -3.78. The Morgan fingerprint density at radius 2 is 2.07 bits per heavy atom. The smallest absolute Gasteiger partial charge is 0.255 e. The molecule has 1 aromatic heterocycles. The molecule has 4 N–H and O–H groups in total. The molecule has 0 aliphatic heterocycles. The van der Waals surface area contributed by atoms with Gasteiger partial charge >= 0.3 is 0 Å². The third kappa shape index (κ3) is 3.60. The molecule has 5 nitrogen and oxygen atoms in total. The Bertz CT molecular complexity index is 1040. The van der Waals surface area contributed by atoms with Crippen molar-refractivity contribution >= 4 is 23.0 Å². The fourth-order valence-corrected chi connectivity index (χ4v) is 2.93. The maximum Gasteiger partial charge on any atom is 0.255 e. The maximum atomic E-state index is 12.8. The molecule has 0 spiro atoms. The Morgan fingerprint density at radius 1 is 1.26 bits per heavy atom. The van der Waals surface area contributed by atoms with Gasteiger partial charge in [-0.25, -0.2) is 0 Å². The number of nitrogen functional groups attached to an aromatic ring is 1. The van der Waals surface area contributed by atoms with E-state index in [1.807, 2.05) is 13.0 Å². The van der Waals surface area contributed by atoms with Crippen LogP contribution < -0.4 is 11.1 Å². The Kier molecular flexibility index (Phi) is 5.09. The van der Waals surface area contributed by atoms with Crippen molar-refractivity contribution in [3.8, 4) is 12.3 Å². The summed E-state index contributed by atoms with van der Waals surface area (Å²) in [5, 5.41) is 11.2. The first-order valence-electron chi connectivity index (χ1n) is 8.46. The topological polar surface area (TPSA) is 92.1 Å². The van der Waals surface area contributed by atoms with Gasteiger partial charge in [-0.2, -0.15) is 0 Å². The number of nitrogens with two attached hydrogens (primary N) is 1. The normalized spacial score (nSPS) is 10.2. The quantitative estimate of drug-likeness (QED) is 0.365. The zero-order chi connectivity index (χ0) is 19.4. The lowest BCUT2D eigenvalue weighted by atomic mass is 9.98. The molecule has 1 heterocycles. The Labute approximate surface area is 157 Å². The van der Waals surface area contributed by atoms with Gasteiger partial charge in [-0.3, -0.25) is 10.2 Å². The first kappa shape index (κ1) is 18.0. The lowest BCUT2D eigenvalue weighted by Gasteiger charge is -2.13. The molecule has 0 bridgehead atoms. The third-order valence-corrected chi connectivity index (χ3v) is 4.32. The van der Waals surface area contributed by atoms with Crippen molar-refractivity contribution in [3.05, 3.63) is 82.8 Å².